The molecule has 0 saturated carbocycles. The minimum Gasteiger partial charge on any atom is -0.396 e. The van der Waals surface area contributed by atoms with E-state index in [1.165, 1.54) is 0 Å². The number of nitrogens with one attached hydrogen (secondary N) is 1. The lowest BCUT2D eigenvalue weighted by Crippen LogP contribution is -2.48. The second kappa shape index (κ2) is 7.71. The number of piperidine rings is 1. The molecule has 0 bridgehead atoms. The summed E-state index contributed by atoms with van der Waals surface area (Å²) in [5.41, 5.74) is -0.0508. The Balaban J connectivity index is 2.49. The normalized spacial score (nSPS) is 25.1. The number of amides is 1. The number of methoxy groups -OCH3 is 1. The van der Waals surface area contributed by atoms with Gasteiger partial charge in [-0.3, -0.25) is 9.69 Å². The van der Waals surface area contributed by atoms with Gasteiger partial charge in [0.1, 0.15) is 0 Å². The molecule has 1 amide bonds. The number of carbonyl (C=O) groups is 1. The van der Waals surface area contributed by atoms with Gasteiger partial charge in [0.25, 0.3) is 0 Å². The van der Waals surface area contributed by atoms with E-state index in [0.29, 0.717) is 6.54 Å². The summed E-state index contributed by atoms with van der Waals surface area (Å²) in [6.07, 6.45) is 4.01. The summed E-state index contributed by atoms with van der Waals surface area (Å²) in [5.74, 6) is 0.0423. The van der Waals surface area contributed by atoms with Crippen LogP contribution in [0.15, 0.2) is 0 Å². The highest BCUT2D eigenvalue weighted by Crippen LogP contribution is 2.34. The number of aliphatic hydroxyl groups excluding tert-OH is 1. The van der Waals surface area contributed by atoms with E-state index in [-0.39, 0.29) is 17.9 Å². The fourth-order valence-electron chi connectivity index (χ4n) is 2.73. The number of aliphatic hydroxyl groups is 1. The Labute approximate surface area is 109 Å². The van der Waals surface area contributed by atoms with E-state index in [1.807, 2.05) is 0 Å². The average Bonchev–Trinajstić information content (AvgIpc) is 2.39. The molecule has 1 aliphatic rings. The Morgan fingerprint density at radius 3 is 2.94 bits per heavy atom. The first-order valence-electron chi connectivity index (χ1n) is 6.68. The van der Waals surface area contributed by atoms with Gasteiger partial charge in [0, 0.05) is 39.3 Å². The molecule has 1 fully saturated rings. The van der Waals surface area contributed by atoms with E-state index in [9.17, 15) is 9.90 Å². The highest BCUT2D eigenvalue weighted by atomic mass is 16.5. The standard InChI is InChI=1S/C13H26N2O3/c1-14-12(17)9-15-7-3-5-13(10-15,11-16)6-4-8-18-2/h16H,3-11H2,1-2H3,(H,14,17)/t13-/m0/s1. The van der Waals surface area contributed by atoms with Crippen LogP contribution in [-0.2, 0) is 9.53 Å². The van der Waals surface area contributed by atoms with Gasteiger partial charge < -0.3 is 15.2 Å². The smallest absolute Gasteiger partial charge is 0.233 e. The monoisotopic (exact) mass is 258 g/mol. The molecule has 1 heterocycles. The third-order valence-corrected chi connectivity index (χ3v) is 3.78. The molecule has 0 aromatic rings. The van der Waals surface area contributed by atoms with Crippen molar-refractivity contribution in [1.82, 2.24) is 10.2 Å². The summed E-state index contributed by atoms with van der Waals surface area (Å²) in [4.78, 5) is 13.5. The Morgan fingerprint density at radius 1 is 1.56 bits per heavy atom. The molecular formula is C13H26N2O3. The van der Waals surface area contributed by atoms with E-state index >= 15 is 0 Å². The van der Waals surface area contributed by atoms with Crippen LogP contribution in [0.1, 0.15) is 25.7 Å². The topological polar surface area (TPSA) is 61.8 Å². The van der Waals surface area contributed by atoms with Crippen LogP contribution in [0.5, 0.6) is 0 Å². The van der Waals surface area contributed by atoms with E-state index in [2.05, 4.69) is 10.2 Å². The van der Waals surface area contributed by atoms with Gasteiger partial charge in [-0.15, -0.1) is 0 Å². The lowest BCUT2D eigenvalue weighted by atomic mass is 9.77. The number of carbonyl (C=O) groups excluding carboxylic acids is 1. The van der Waals surface area contributed by atoms with Crippen LogP contribution in [0.3, 0.4) is 0 Å². The molecule has 1 aliphatic heterocycles. The molecule has 1 saturated heterocycles. The minimum atomic E-state index is -0.0508. The lowest BCUT2D eigenvalue weighted by molar-refractivity contribution is -0.123. The molecular weight excluding hydrogens is 232 g/mol. The third kappa shape index (κ3) is 4.55. The molecule has 2 N–H and O–H groups in total. The summed E-state index contributed by atoms with van der Waals surface area (Å²) in [6, 6.07) is 0. The predicted molar refractivity (Wildman–Crippen MR) is 70.4 cm³/mol. The Bertz CT molecular complexity index is 261. The van der Waals surface area contributed by atoms with Gasteiger partial charge in [0.2, 0.25) is 5.91 Å². The van der Waals surface area contributed by atoms with Crippen LogP contribution < -0.4 is 5.32 Å². The van der Waals surface area contributed by atoms with Crippen molar-refractivity contribution in [2.45, 2.75) is 25.7 Å². The van der Waals surface area contributed by atoms with Crippen molar-refractivity contribution < 1.29 is 14.6 Å². The van der Waals surface area contributed by atoms with Crippen LogP contribution in [0.4, 0.5) is 0 Å². The number of nitrogens with zero attached hydrogens (tertiary/aromatic N) is 1. The summed E-state index contributed by atoms with van der Waals surface area (Å²) in [5, 5.41) is 12.3. The van der Waals surface area contributed by atoms with Crippen molar-refractivity contribution in [2.75, 3.05) is 47.0 Å². The number of likely N-dealkylation sites (N-methyl/N-ethyl adjacent to an activating group) is 1. The summed E-state index contributed by atoms with van der Waals surface area (Å²) >= 11 is 0. The molecule has 1 atom stereocenters. The van der Waals surface area contributed by atoms with Gasteiger partial charge in [0.15, 0.2) is 0 Å². The molecule has 0 aliphatic carbocycles. The highest BCUT2D eigenvalue weighted by molar-refractivity contribution is 5.77. The van der Waals surface area contributed by atoms with Crippen molar-refractivity contribution in [1.29, 1.82) is 0 Å². The largest absolute Gasteiger partial charge is 0.396 e. The molecule has 18 heavy (non-hydrogen) atoms. The number of ether oxygens (including phenoxy) is 1. The van der Waals surface area contributed by atoms with Gasteiger partial charge in [0.05, 0.1) is 6.54 Å². The number of hydrogen-bond acceptors (Lipinski definition) is 4. The molecule has 0 radical (unpaired) electrons. The molecule has 0 aromatic carbocycles. The van der Waals surface area contributed by atoms with E-state index in [4.69, 9.17) is 4.74 Å². The Kier molecular flexibility index (Phi) is 6.60. The van der Waals surface area contributed by atoms with Gasteiger partial charge in [-0.2, -0.15) is 0 Å². The second-order valence-corrected chi connectivity index (χ2v) is 5.24. The minimum absolute atomic E-state index is 0.0423. The molecule has 0 aromatic heterocycles. The van der Waals surface area contributed by atoms with Gasteiger partial charge in [-0.1, -0.05) is 0 Å². The summed E-state index contributed by atoms with van der Waals surface area (Å²) < 4.78 is 5.07. The second-order valence-electron chi connectivity index (χ2n) is 5.24. The maximum absolute atomic E-state index is 11.4. The molecule has 1 rings (SSSR count). The summed E-state index contributed by atoms with van der Waals surface area (Å²) in [7, 11) is 3.36. The van der Waals surface area contributed by atoms with Crippen LogP contribution >= 0.6 is 0 Å². The molecule has 0 unspecified atom stereocenters. The zero-order chi connectivity index (χ0) is 13.4. The molecule has 0 spiro atoms. The fourth-order valence-corrected chi connectivity index (χ4v) is 2.73. The van der Waals surface area contributed by atoms with Crippen molar-refractivity contribution in [3.05, 3.63) is 0 Å². The highest BCUT2D eigenvalue weighted by Gasteiger charge is 2.34. The zero-order valence-corrected chi connectivity index (χ0v) is 11.6. The van der Waals surface area contributed by atoms with Crippen molar-refractivity contribution >= 4 is 5.91 Å². The van der Waals surface area contributed by atoms with Crippen molar-refractivity contribution in [3.8, 4) is 0 Å². The first-order chi connectivity index (χ1) is 8.65. The molecule has 5 nitrogen and oxygen atoms in total. The van der Waals surface area contributed by atoms with Crippen molar-refractivity contribution in [2.24, 2.45) is 5.41 Å². The Hall–Kier alpha value is -0.650. The Morgan fingerprint density at radius 2 is 2.33 bits per heavy atom. The fraction of sp³-hybridized carbons (Fsp3) is 0.923. The van der Waals surface area contributed by atoms with E-state index in [1.54, 1.807) is 14.2 Å². The van der Waals surface area contributed by atoms with E-state index < -0.39 is 0 Å². The van der Waals surface area contributed by atoms with Gasteiger partial charge in [-0.05, 0) is 32.2 Å². The SMILES string of the molecule is CNC(=O)CN1CCC[C@](CO)(CCCOC)C1. The first kappa shape index (κ1) is 15.4. The third-order valence-electron chi connectivity index (χ3n) is 3.78. The van der Waals surface area contributed by atoms with Crippen molar-refractivity contribution in [3.63, 3.8) is 0 Å². The maximum Gasteiger partial charge on any atom is 0.233 e. The first-order valence-corrected chi connectivity index (χ1v) is 6.68. The number of likely N-dealkylation sites (tertiary alicyclic amines) is 1. The average molecular weight is 258 g/mol. The van der Waals surface area contributed by atoms with Crippen LogP contribution in [0.25, 0.3) is 0 Å². The van der Waals surface area contributed by atoms with Crippen LogP contribution in [-0.4, -0.2) is 62.9 Å². The van der Waals surface area contributed by atoms with Crippen LogP contribution in [0.2, 0.25) is 0 Å². The number of rotatable bonds is 7. The predicted octanol–water partition coefficient (Wildman–Crippen LogP) is 0.233. The van der Waals surface area contributed by atoms with Crippen LogP contribution in [0, 0.1) is 5.41 Å². The van der Waals surface area contributed by atoms with Gasteiger partial charge >= 0.3 is 0 Å². The zero-order valence-electron chi connectivity index (χ0n) is 11.6. The van der Waals surface area contributed by atoms with E-state index in [0.717, 1.165) is 45.4 Å². The quantitative estimate of drug-likeness (QED) is 0.642. The molecule has 106 valence electrons. The number of hydrogen-bond donors (Lipinski definition) is 2. The maximum atomic E-state index is 11.4. The summed E-state index contributed by atoms with van der Waals surface area (Å²) in [6.45, 7) is 3.11. The molecule has 5 heteroatoms. The van der Waals surface area contributed by atoms with Gasteiger partial charge in [-0.25, -0.2) is 0 Å². The lowest BCUT2D eigenvalue weighted by Gasteiger charge is -2.41.